The zero-order chi connectivity index (χ0) is 6.97. The zero-order valence-electron chi connectivity index (χ0n) is 5.45. The fraction of sp³-hybridized carbons (Fsp3) is 0.143. The summed E-state index contributed by atoms with van der Waals surface area (Å²) in [6, 6.07) is 0. The van der Waals surface area contributed by atoms with Crippen LogP contribution in [0.5, 0.6) is 0 Å². The molecule has 0 aromatic rings. The van der Waals surface area contributed by atoms with Gasteiger partial charge in [0, 0.05) is 16.9 Å². The Balaban J connectivity index is 2.39. The summed E-state index contributed by atoms with van der Waals surface area (Å²) >= 11 is 1.83. The largest absolute Gasteiger partial charge is 0.286 e. The van der Waals surface area contributed by atoms with Gasteiger partial charge in [0.25, 0.3) is 0 Å². The molecule has 2 aliphatic heterocycles. The molecule has 0 aromatic carbocycles. The van der Waals surface area contributed by atoms with Crippen LogP contribution in [0.1, 0.15) is 0 Å². The van der Waals surface area contributed by atoms with Gasteiger partial charge in [-0.3, -0.25) is 5.01 Å². The number of hydrazine groups is 1. The molecule has 2 nitrogen and oxygen atoms in total. The first-order valence-electron chi connectivity index (χ1n) is 3.14. The van der Waals surface area contributed by atoms with Gasteiger partial charge in [-0.2, -0.15) is 0 Å². The Kier molecular flexibility index (Phi) is 1.32. The zero-order valence-corrected chi connectivity index (χ0v) is 6.27. The number of fused-ring (bicyclic) bond motifs is 1. The number of hydrogen-bond acceptors (Lipinski definition) is 3. The maximum Gasteiger partial charge on any atom is 0.0672 e. The molecule has 10 heavy (non-hydrogen) atoms. The summed E-state index contributed by atoms with van der Waals surface area (Å²) in [5, 5.41) is 1.66. The van der Waals surface area contributed by atoms with Gasteiger partial charge in [-0.05, 0) is 18.2 Å². The molecule has 0 unspecified atom stereocenters. The van der Waals surface area contributed by atoms with E-state index in [-0.39, 0.29) is 0 Å². The van der Waals surface area contributed by atoms with Gasteiger partial charge in [-0.25, -0.2) is 5.84 Å². The Morgan fingerprint density at radius 3 is 3.30 bits per heavy atom. The van der Waals surface area contributed by atoms with Crippen molar-refractivity contribution in [3.8, 4) is 0 Å². The van der Waals surface area contributed by atoms with Gasteiger partial charge >= 0.3 is 0 Å². The molecule has 0 saturated heterocycles. The third-order valence-electron chi connectivity index (χ3n) is 1.54. The fourth-order valence-corrected chi connectivity index (χ4v) is 1.99. The number of nitrogens with zero attached hydrogens (tertiary/aromatic N) is 1. The van der Waals surface area contributed by atoms with Crippen LogP contribution in [0.2, 0.25) is 0 Å². The second-order valence-corrected chi connectivity index (χ2v) is 3.24. The average molecular weight is 152 g/mol. The summed E-state index contributed by atoms with van der Waals surface area (Å²) in [7, 11) is 0. The van der Waals surface area contributed by atoms with E-state index in [0.717, 1.165) is 11.4 Å². The van der Waals surface area contributed by atoms with Crippen LogP contribution in [-0.2, 0) is 0 Å². The maximum atomic E-state index is 5.64. The average Bonchev–Trinajstić information content (AvgIpc) is 2.36. The Morgan fingerprint density at radius 1 is 1.60 bits per heavy atom. The summed E-state index contributed by atoms with van der Waals surface area (Å²) in [5.41, 5.74) is 1.15. The lowest BCUT2D eigenvalue weighted by Gasteiger charge is -2.18. The Bertz CT molecular complexity index is 240. The molecule has 0 spiro atoms. The minimum Gasteiger partial charge on any atom is -0.286 e. The molecule has 2 rings (SSSR count). The molecule has 0 radical (unpaired) electrons. The smallest absolute Gasteiger partial charge is 0.0672 e. The lowest BCUT2D eigenvalue weighted by Crippen LogP contribution is -2.25. The summed E-state index contributed by atoms with van der Waals surface area (Å²) in [6.07, 6.45) is 8.05. The third kappa shape index (κ3) is 0.786. The van der Waals surface area contributed by atoms with Crippen molar-refractivity contribution in [2.45, 2.75) is 0 Å². The SMILES string of the molecule is NN1C=CC=C2SCC=C21. The van der Waals surface area contributed by atoms with E-state index < -0.39 is 0 Å². The topological polar surface area (TPSA) is 29.3 Å². The fourth-order valence-electron chi connectivity index (χ4n) is 1.05. The van der Waals surface area contributed by atoms with Gasteiger partial charge in [0.2, 0.25) is 0 Å². The van der Waals surface area contributed by atoms with Crippen LogP contribution >= 0.6 is 11.8 Å². The number of rotatable bonds is 0. The first kappa shape index (κ1) is 6.07. The van der Waals surface area contributed by atoms with Crippen molar-refractivity contribution < 1.29 is 0 Å². The van der Waals surface area contributed by atoms with Crippen LogP contribution in [0.15, 0.2) is 35.0 Å². The van der Waals surface area contributed by atoms with E-state index in [4.69, 9.17) is 5.84 Å². The molecule has 0 aromatic heterocycles. The predicted octanol–water partition coefficient (Wildman–Crippen LogP) is 1.20. The van der Waals surface area contributed by atoms with Gasteiger partial charge in [0.15, 0.2) is 0 Å². The molecule has 0 aliphatic carbocycles. The number of hydrogen-bond donors (Lipinski definition) is 1. The van der Waals surface area contributed by atoms with Crippen molar-refractivity contribution in [1.29, 1.82) is 0 Å². The van der Waals surface area contributed by atoms with Crippen molar-refractivity contribution in [3.63, 3.8) is 0 Å². The van der Waals surface area contributed by atoms with E-state index in [2.05, 4.69) is 12.2 Å². The number of allylic oxidation sites excluding steroid dienone is 2. The highest BCUT2D eigenvalue weighted by molar-refractivity contribution is 8.03. The van der Waals surface area contributed by atoms with Gasteiger partial charge in [0.05, 0.1) is 5.70 Å². The molecule has 0 fully saturated rings. The summed E-state index contributed by atoms with van der Waals surface area (Å²) < 4.78 is 0. The standard InChI is InChI=1S/C7H8N2S/c8-9-4-1-2-7-6(9)3-5-10-7/h1-4H,5,8H2. The molecule has 0 saturated carbocycles. The predicted molar refractivity (Wildman–Crippen MR) is 43.8 cm³/mol. The van der Waals surface area contributed by atoms with E-state index in [0.29, 0.717) is 0 Å². The molecular formula is C7H8N2S. The van der Waals surface area contributed by atoms with Crippen LogP contribution < -0.4 is 5.84 Å². The normalized spacial score (nSPS) is 22.3. The van der Waals surface area contributed by atoms with E-state index in [9.17, 15) is 0 Å². The van der Waals surface area contributed by atoms with Crippen LogP contribution in [0.4, 0.5) is 0 Å². The van der Waals surface area contributed by atoms with Crippen molar-refractivity contribution in [2.24, 2.45) is 5.84 Å². The first-order valence-corrected chi connectivity index (χ1v) is 4.12. The maximum absolute atomic E-state index is 5.64. The molecule has 0 atom stereocenters. The minimum absolute atomic E-state index is 1.05. The monoisotopic (exact) mass is 152 g/mol. The molecular weight excluding hydrogens is 144 g/mol. The Labute approximate surface area is 64.0 Å². The van der Waals surface area contributed by atoms with Crippen molar-refractivity contribution in [1.82, 2.24) is 5.01 Å². The van der Waals surface area contributed by atoms with Crippen molar-refractivity contribution >= 4 is 11.8 Å². The number of nitrogens with two attached hydrogens (primary N) is 1. The number of thioether (sulfide) groups is 1. The van der Waals surface area contributed by atoms with E-state index in [1.165, 1.54) is 4.91 Å². The lowest BCUT2D eigenvalue weighted by atomic mass is 10.3. The van der Waals surface area contributed by atoms with Gasteiger partial charge in [0.1, 0.15) is 0 Å². The van der Waals surface area contributed by atoms with E-state index in [1.54, 1.807) is 5.01 Å². The second-order valence-electron chi connectivity index (χ2n) is 2.18. The van der Waals surface area contributed by atoms with Crippen LogP contribution in [0.3, 0.4) is 0 Å². The van der Waals surface area contributed by atoms with Gasteiger partial charge in [-0.15, -0.1) is 11.8 Å². The Morgan fingerprint density at radius 2 is 2.50 bits per heavy atom. The van der Waals surface area contributed by atoms with Crippen LogP contribution in [0, 0.1) is 0 Å². The third-order valence-corrected chi connectivity index (χ3v) is 2.53. The highest BCUT2D eigenvalue weighted by atomic mass is 32.2. The summed E-state index contributed by atoms with van der Waals surface area (Å²) in [6.45, 7) is 0. The Hall–Kier alpha value is -0.670. The molecule has 2 aliphatic rings. The van der Waals surface area contributed by atoms with Gasteiger partial charge < -0.3 is 0 Å². The van der Waals surface area contributed by atoms with E-state index >= 15 is 0 Å². The highest BCUT2D eigenvalue weighted by Crippen LogP contribution is 2.33. The summed E-state index contributed by atoms with van der Waals surface area (Å²) in [5.74, 6) is 6.70. The van der Waals surface area contributed by atoms with Crippen LogP contribution in [-0.4, -0.2) is 10.8 Å². The highest BCUT2D eigenvalue weighted by Gasteiger charge is 2.16. The first-order chi connectivity index (χ1) is 4.88. The van der Waals surface area contributed by atoms with Gasteiger partial charge in [-0.1, -0.05) is 0 Å². The van der Waals surface area contributed by atoms with E-state index in [1.807, 2.05) is 24.0 Å². The lowest BCUT2D eigenvalue weighted by molar-refractivity contribution is 0.503. The second kappa shape index (κ2) is 2.18. The minimum atomic E-state index is 1.05. The molecule has 2 N–H and O–H groups in total. The molecule has 3 heteroatoms. The quantitative estimate of drug-likeness (QED) is 0.529. The van der Waals surface area contributed by atoms with Crippen molar-refractivity contribution in [3.05, 3.63) is 35.0 Å². The molecule has 0 amide bonds. The molecule has 2 heterocycles. The van der Waals surface area contributed by atoms with Crippen LogP contribution in [0.25, 0.3) is 0 Å². The molecule has 52 valence electrons. The summed E-state index contributed by atoms with van der Waals surface area (Å²) in [4.78, 5) is 1.28. The van der Waals surface area contributed by atoms with Crippen molar-refractivity contribution in [2.75, 3.05) is 5.75 Å². The molecule has 0 bridgehead atoms.